The molecule has 2 heterocycles. The van der Waals surface area contributed by atoms with E-state index in [0.29, 0.717) is 12.5 Å². The van der Waals surface area contributed by atoms with E-state index in [4.69, 9.17) is 11.6 Å². The third-order valence-corrected chi connectivity index (χ3v) is 4.10. The zero-order chi connectivity index (χ0) is 16.4. The van der Waals surface area contributed by atoms with Gasteiger partial charge in [0.2, 0.25) is 5.95 Å². The minimum atomic E-state index is 0.546. The van der Waals surface area contributed by atoms with Crippen molar-refractivity contribution >= 4 is 28.6 Å². The van der Waals surface area contributed by atoms with E-state index in [1.165, 1.54) is 0 Å². The van der Waals surface area contributed by atoms with E-state index in [0.717, 1.165) is 27.4 Å². The molecule has 2 aromatic carbocycles. The maximum atomic E-state index is 6.18. The summed E-state index contributed by atoms with van der Waals surface area (Å²) in [7, 11) is 0. The van der Waals surface area contributed by atoms with E-state index < -0.39 is 0 Å². The largest absolute Gasteiger partial charge is 0.350 e. The van der Waals surface area contributed by atoms with Crippen LogP contribution < -0.4 is 5.32 Å². The molecule has 4 aromatic rings. The second kappa shape index (κ2) is 6.29. The standard InChI is InChI=1S/C18H14ClN5/c19-14-6-2-1-5-13(14)11-21-18-20-10-9-17(23-18)24-12-22-15-7-3-4-8-16(15)24/h1-10,12H,11H2,(H,20,21,23). The van der Waals surface area contributed by atoms with Gasteiger partial charge in [0.15, 0.2) is 0 Å². The van der Waals surface area contributed by atoms with Gasteiger partial charge in [0.05, 0.1) is 11.0 Å². The summed E-state index contributed by atoms with van der Waals surface area (Å²) in [5.41, 5.74) is 2.94. The zero-order valence-electron chi connectivity index (χ0n) is 12.7. The first-order chi connectivity index (χ1) is 11.8. The Morgan fingerprint density at radius 2 is 1.79 bits per heavy atom. The van der Waals surface area contributed by atoms with E-state index >= 15 is 0 Å². The van der Waals surface area contributed by atoms with Gasteiger partial charge in [-0.25, -0.2) is 9.97 Å². The van der Waals surface area contributed by atoms with Crippen LogP contribution in [0.3, 0.4) is 0 Å². The summed E-state index contributed by atoms with van der Waals surface area (Å²) in [6, 6.07) is 17.5. The van der Waals surface area contributed by atoms with Crippen molar-refractivity contribution in [1.82, 2.24) is 19.5 Å². The molecule has 0 fully saturated rings. The fourth-order valence-corrected chi connectivity index (χ4v) is 2.73. The maximum absolute atomic E-state index is 6.18. The van der Waals surface area contributed by atoms with Crippen LogP contribution in [0.2, 0.25) is 5.02 Å². The predicted molar refractivity (Wildman–Crippen MR) is 95.4 cm³/mol. The highest BCUT2D eigenvalue weighted by Crippen LogP contribution is 2.18. The van der Waals surface area contributed by atoms with Crippen molar-refractivity contribution in [2.24, 2.45) is 0 Å². The number of nitrogens with zero attached hydrogens (tertiary/aromatic N) is 4. The first-order valence-electron chi connectivity index (χ1n) is 7.54. The number of aromatic nitrogens is 4. The highest BCUT2D eigenvalue weighted by Gasteiger charge is 2.07. The Kier molecular flexibility index (Phi) is 3.84. The van der Waals surface area contributed by atoms with Gasteiger partial charge in [-0.1, -0.05) is 41.9 Å². The van der Waals surface area contributed by atoms with Crippen molar-refractivity contribution in [2.75, 3.05) is 5.32 Å². The van der Waals surface area contributed by atoms with Gasteiger partial charge in [-0.05, 0) is 29.8 Å². The van der Waals surface area contributed by atoms with Crippen molar-refractivity contribution in [2.45, 2.75) is 6.54 Å². The minimum Gasteiger partial charge on any atom is -0.350 e. The van der Waals surface area contributed by atoms with Gasteiger partial charge >= 0.3 is 0 Å². The van der Waals surface area contributed by atoms with Gasteiger partial charge in [0, 0.05) is 17.8 Å². The Bertz CT molecular complexity index is 995. The summed E-state index contributed by atoms with van der Waals surface area (Å²) in [6.45, 7) is 0.563. The molecule has 1 N–H and O–H groups in total. The molecule has 0 bridgehead atoms. The Balaban J connectivity index is 1.61. The summed E-state index contributed by atoms with van der Waals surface area (Å²) in [5.74, 6) is 1.31. The third-order valence-electron chi connectivity index (χ3n) is 3.74. The van der Waals surface area contributed by atoms with E-state index in [2.05, 4.69) is 20.3 Å². The highest BCUT2D eigenvalue weighted by molar-refractivity contribution is 6.31. The summed E-state index contributed by atoms with van der Waals surface area (Å²) in [5, 5.41) is 3.94. The van der Waals surface area contributed by atoms with Crippen LogP contribution in [0.25, 0.3) is 16.9 Å². The van der Waals surface area contributed by atoms with Gasteiger partial charge in [-0.3, -0.25) is 4.57 Å². The maximum Gasteiger partial charge on any atom is 0.224 e. The molecule has 2 aromatic heterocycles. The summed E-state index contributed by atoms with van der Waals surface area (Å²) < 4.78 is 1.94. The van der Waals surface area contributed by atoms with E-state index in [1.807, 2.05) is 59.2 Å². The normalized spacial score (nSPS) is 10.9. The molecule has 0 unspecified atom stereocenters. The number of imidazole rings is 1. The Morgan fingerprint density at radius 1 is 0.958 bits per heavy atom. The summed E-state index contributed by atoms with van der Waals surface area (Å²) >= 11 is 6.18. The molecule has 0 aliphatic heterocycles. The molecule has 0 aliphatic rings. The fourth-order valence-electron chi connectivity index (χ4n) is 2.53. The van der Waals surface area contributed by atoms with Crippen molar-refractivity contribution < 1.29 is 0 Å². The van der Waals surface area contributed by atoms with Crippen molar-refractivity contribution in [3.8, 4) is 5.82 Å². The van der Waals surface area contributed by atoms with Crippen LogP contribution in [-0.4, -0.2) is 19.5 Å². The van der Waals surface area contributed by atoms with Crippen LogP contribution in [0, 0.1) is 0 Å². The number of rotatable bonds is 4. The first-order valence-corrected chi connectivity index (χ1v) is 7.92. The number of para-hydroxylation sites is 2. The van der Waals surface area contributed by atoms with Gasteiger partial charge < -0.3 is 5.32 Å². The molecule has 0 amide bonds. The van der Waals surface area contributed by atoms with Crippen LogP contribution >= 0.6 is 11.6 Å². The Hall–Kier alpha value is -2.92. The lowest BCUT2D eigenvalue weighted by atomic mass is 10.2. The van der Waals surface area contributed by atoms with Crippen LogP contribution in [0.4, 0.5) is 5.95 Å². The summed E-state index contributed by atoms with van der Waals surface area (Å²) in [6.07, 6.45) is 3.50. The molecule has 4 rings (SSSR count). The monoisotopic (exact) mass is 335 g/mol. The van der Waals surface area contributed by atoms with Crippen molar-refractivity contribution in [3.63, 3.8) is 0 Å². The number of hydrogen-bond acceptors (Lipinski definition) is 4. The Labute approximate surface area is 144 Å². The smallest absolute Gasteiger partial charge is 0.224 e. The molecule has 0 saturated heterocycles. The molecule has 0 atom stereocenters. The predicted octanol–water partition coefficient (Wildman–Crippen LogP) is 4.08. The molecule has 0 aliphatic carbocycles. The van der Waals surface area contributed by atoms with E-state index in [-0.39, 0.29) is 0 Å². The summed E-state index contributed by atoms with van der Waals surface area (Å²) in [4.78, 5) is 13.2. The zero-order valence-corrected chi connectivity index (χ0v) is 13.5. The SMILES string of the molecule is Clc1ccccc1CNc1nccc(-n2cnc3ccccc32)n1. The molecular weight excluding hydrogens is 322 g/mol. The number of nitrogens with one attached hydrogen (secondary N) is 1. The fraction of sp³-hybridized carbons (Fsp3) is 0.0556. The number of halogens is 1. The number of fused-ring (bicyclic) bond motifs is 1. The molecule has 5 nitrogen and oxygen atoms in total. The van der Waals surface area contributed by atoms with Gasteiger partial charge in [0.25, 0.3) is 0 Å². The van der Waals surface area contributed by atoms with Gasteiger partial charge in [0.1, 0.15) is 12.1 Å². The van der Waals surface area contributed by atoms with Crippen LogP contribution in [0.5, 0.6) is 0 Å². The van der Waals surface area contributed by atoms with Gasteiger partial charge in [-0.15, -0.1) is 0 Å². The second-order valence-corrected chi connectivity index (χ2v) is 5.69. The second-order valence-electron chi connectivity index (χ2n) is 5.29. The molecule has 6 heteroatoms. The number of benzene rings is 2. The lowest BCUT2D eigenvalue weighted by Crippen LogP contribution is -2.06. The van der Waals surface area contributed by atoms with Crippen LogP contribution in [0.1, 0.15) is 5.56 Å². The first kappa shape index (κ1) is 14.7. The average molecular weight is 336 g/mol. The average Bonchev–Trinajstić information content (AvgIpc) is 3.05. The third kappa shape index (κ3) is 2.81. The van der Waals surface area contributed by atoms with Gasteiger partial charge in [-0.2, -0.15) is 4.98 Å². The Morgan fingerprint density at radius 3 is 2.71 bits per heavy atom. The molecule has 0 radical (unpaired) electrons. The number of hydrogen-bond donors (Lipinski definition) is 1. The lowest BCUT2D eigenvalue weighted by molar-refractivity contribution is 0.976. The quantitative estimate of drug-likeness (QED) is 0.610. The van der Waals surface area contributed by atoms with E-state index in [1.54, 1.807) is 12.5 Å². The molecule has 24 heavy (non-hydrogen) atoms. The molecule has 118 valence electrons. The number of anilines is 1. The molecular formula is C18H14ClN5. The van der Waals surface area contributed by atoms with Crippen molar-refractivity contribution in [3.05, 3.63) is 77.7 Å². The topological polar surface area (TPSA) is 55.6 Å². The van der Waals surface area contributed by atoms with Crippen LogP contribution in [-0.2, 0) is 6.54 Å². The van der Waals surface area contributed by atoms with E-state index in [9.17, 15) is 0 Å². The molecule has 0 spiro atoms. The highest BCUT2D eigenvalue weighted by atomic mass is 35.5. The van der Waals surface area contributed by atoms with Crippen LogP contribution in [0.15, 0.2) is 67.1 Å². The molecule has 0 saturated carbocycles. The lowest BCUT2D eigenvalue weighted by Gasteiger charge is -2.08. The minimum absolute atomic E-state index is 0.546. The van der Waals surface area contributed by atoms with Crippen molar-refractivity contribution in [1.29, 1.82) is 0 Å².